The molecule has 3 aliphatic carbocycles. The third kappa shape index (κ3) is 5.63. The van der Waals surface area contributed by atoms with Gasteiger partial charge in [-0.2, -0.15) is 17.5 Å². The summed E-state index contributed by atoms with van der Waals surface area (Å²) in [5.41, 5.74) is -0.766. The van der Waals surface area contributed by atoms with Crippen LogP contribution < -0.4 is 10.6 Å². The predicted molar refractivity (Wildman–Crippen MR) is 137 cm³/mol. The van der Waals surface area contributed by atoms with Crippen molar-refractivity contribution in [1.29, 1.82) is 0 Å². The second-order valence-electron chi connectivity index (χ2n) is 11.2. The number of alkyl halides is 3. The lowest BCUT2D eigenvalue weighted by molar-refractivity contribution is -0.151. The largest absolute Gasteiger partial charge is 0.390 e. The molecule has 1 heterocycles. The van der Waals surface area contributed by atoms with Crippen LogP contribution in [0.4, 0.5) is 13.2 Å². The lowest BCUT2D eigenvalue weighted by Gasteiger charge is -2.73. The Kier molecular flexibility index (Phi) is 7.40. The molecule has 0 unspecified atom stereocenters. The molecule has 0 spiro atoms. The first-order chi connectivity index (χ1) is 17.1. The first-order valence-corrected chi connectivity index (χ1v) is 14.6. The third-order valence-electron chi connectivity index (χ3n) is 7.70. The summed E-state index contributed by atoms with van der Waals surface area (Å²) >= 11 is 6.01. The Labute approximate surface area is 221 Å². The van der Waals surface area contributed by atoms with E-state index in [9.17, 15) is 26.4 Å². The Morgan fingerprint density at radius 3 is 2.41 bits per heavy atom. The number of benzene rings is 1. The van der Waals surface area contributed by atoms with Crippen molar-refractivity contribution in [1.82, 2.24) is 14.9 Å². The fourth-order valence-corrected chi connectivity index (χ4v) is 7.91. The van der Waals surface area contributed by atoms with Crippen molar-refractivity contribution in [2.45, 2.75) is 89.1 Å². The average Bonchev–Trinajstić information content (AvgIpc) is 3.05. The van der Waals surface area contributed by atoms with E-state index in [4.69, 9.17) is 11.6 Å². The van der Waals surface area contributed by atoms with Crippen molar-refractivity contribution < 1.29 is 26.4 Å². The van der Waals surface area contributed by atoms with Crippen LogP contribution in [0.15, 0.2) is 29.3 Å². The number of rotatable bonds is 11. The van der Waals surface area contributed by atoms with Gasteiger partial charge in [-0.15, -0.1) is 0 Å². The molecule has 1 aromatic carbocycles. The molecule has 12 heteroatoms. The first-order valence-electron chi connectivity index (χ1n) is 12.6. The highest BCUT2D eigenvalue weighted by Crippen LogP contribution is 2.71. The van der Waals surface area contributed by atoms with Gasteiger partial charge in [-0.25, -0.2) is 8.42 Å². The number of hydrogen-bond donors (Lipinski definition) is 2. The van der Waals surface area contributed by atoms with Crippen molar-refractivity contribution >= 4 is 33.4 Å². The summed E-state index contributed by atoms with van der Waals surface area (Å²) < 4.78 is 65.8. The van der Waals surface area contributed by atoms with E-state index >= 15 is 0 Å². The van der Waals surface area contributed by atoms with E-state index in [-0.39, 0.29) is 17.7 Å². The standard InChI is InChI=1S/C25H34ClF3N4O3S/c1-4-5-12-37(35,36)33(13-17-6-8-18(26)9-7-17)24-14-23(15-24,16-24)21-31-19(22(2,3)32-21)20(34)30-11-10-25(27,28)29/h6-9,19H,4-5,10-16H2,1-3H3,(H,30,34)(H,31,32)/t19-,23?,24?/m0/s1. The van der Waals surface area contributed by atoms with Gasteiger partial charge in [0.25, 0.3) is 0 Å². The smallest absolute Gasteiger partial charge is 0.366 e. The second kappa shape index (κ2) is 9.72. The maximum atomic E-state index is 13.4. The molecule has 0 aromatic heterocycles. The number of carbonyl (C=O) groups excluding carboxylic acids is 1. The summed E-state index contributed by atoms with van der Waals surface area (Å²) in [6.45, 7) is 5.30. The number of sulfonamides is 1. The summed E-state index contributed by atoms with van der Waals surface area (Å²) in [4.78, 5) is 17.3. The highest BCUT2D eigenvalue weighted by atomic mass is 35.5. The van der Waals surface area contributed by atoms with Gasteiger partial charge in [0.2, 0.25) is 15.9 Å². The van der Waals surface area contributed by atoms with Gasteiger partial charge >= 0.3 is 6.18 Å². The van der Waals surface area contributed by atoms with Gasteiger partial charge in [-0.3, -0.25) is 9.79 Å². The van der Waals surface area contributed by atoms with Crippen LogP contribution in [0.3, 0.4) is 0 Å². The van der Waals surface area contributed by atoms with Crippen molar-refractivity contribution in [2.75, 3.05) is 12.3 Å². The van der Waals surface area contributed by atoms with Crippen LogP contribution in [-0.2, 0) is 21.4 Å². The fourth-order valence-electron chi connectivity index (χ4n) is 5.78. The molecule has 4 aliphatic rings. The molecule has 2 bridgehead atoms. The van der Waals surface area contributed by atoms with Gasteiger partial charge in [0.15, 0.2) is 6.04 Å². The van der Waals surface area contributed by atoms with E-state index in [1.54, 1.807) is 30.3 Å². The molecular weight excluding hydrogens is 529 g/mol. The number of hydrogen-bond acceptors (Lipinski definition) is 5. The van der Waals surface area contributed by atoms with Gasteiger partial charge in [0.05, 0.1) is 17.7 Å². The maximum absolute atomic E-state index is 13.4. The number of amidine groups is 1. The minimum absolute atomic E-state index is 0.0816. The summed E-state index contributed by atoms with van der Waals surface area (Å²) in [5.74, 6) is 0.176. The quantitative estimate of drug-likeness (QED) is 0.418. The van der Waals surface area contributed by atoms with Crippen LogP contribution in [0.5, 0.6) is 0 Å². The number of carbonyl (C=O) groups is 1. The Morgan fingerprint density at radius 1 is 1.22 bits per heavy atom. The Balaban J connectivity index is 1.48. The number of halogens is 4. The molecule has 1 aliphatic heterocycles. The monoisotopic (exact) mass is 562 g/mol. The van der Waals surface area contributed by atoms with Crippen LogP contribution in [0.25, 0.3) is 0 Å². The summed E-state index contributed by atoms with van der Waals surface area (Å²) in [6.07, 6.45) is -2.34. The highest BCUT2D eigenvalue weighted by molar-refractivity contribution is 7.89. The lowest BCUT2D eigenvalue weighted by Crippen LogP contribution is -2.78. The number of nitrogens with zero attached hydrogens (tertiary/aromatic N) is 2. The van der Waals surface area contributed by atoms with Crippen LogP contribution in [0.2, 0.25) is 5.02 Å². The Morgan fingerprint density at radius 2 is 1.84 bits per heavy atom. The topological polar surface area (TPSA) is 90.9 Å². The minimum atomic E-state index is -4.35. The zero-order chi connectivity index (χ0) is 27.3. The molecule has 37 heavy (non-hydrogen) atoms. The van der Waals surface area contributed by atoms with E-state index in [1.807, 2.05) is 19.1 Å². The van der Waals surface area contributed by atoms with Crippen molar-refractivity contribution in [2.24, 2.45) is 10.4 Å². The van der Waals surface area contributed by atoms with E-state index in [0.717, 1.165) is 12.0 Å². The van der Waals surface area contributed by atoms with Crippen LogP contribution in [-0.4, -0.2) is 60.1 Å². The van der Waals surface area contributed by atoms with Gasteiger partial charge in [0, 0.05) is 29.1 Å². The minimum Gasteiger partial charge on any atom is -0.366 e. The molecule has 5 rings (SSSR count). The molecule has 0 saturated heterocycles. The molecule has 3 fully saturated rings. The van der Waals surface area contributed by atoms with Crippen LogP contribution >= 0.6 is 11.6 Å². The third-order valence-corrected chi connectivity index (χ3v) is 9.95. The van der Waals surface area contributed by atoms with E-state index in [2.05, 4.69) is 15.6 Å². The van der Waals surface area contributed by atoms with Gasteiger partial charge in [0.1, 0.15) is 5.84 Å². The number of unbranched alkanes of at least 4 members (excludes halogenated alkanes) is 1. The predicted octanol–water partition coefficient (Wildman–Crippen LogP) is 4.41. The van der Waals surface area contributed by atoms with E-state index in [1.165, 1.54) is 0 Å². The van der Waals surface area contributed by atoms with Crippen LogP contribution in [0.1, 0.15) is 64.9 Å². The Bertz CT molecular complexity index is 1150. The average molecular weight is 563 g/mol. The highest BCUT2D eigenvalue weighted by Gasteiger charge is 2.75. The number of nitrogens with one attached hydrogen (secondary N) is 2. The fraction of sp³-hybridized carbons (Fsp3) is 0.680. The van der Waals surface area contributed by atoms with E-state index in [0.29, 0.717) is 36.5 Å². The Hall–Kier alpha value is -1.85. The van der Waals surface area contributed by atoms with Crippen molar-refractivity contribution in [3.63, 3.8) is 0 Å². The molecule has 3 saturated carbocycles. The van der Waals surface area contributed by atoms with Gasteiger partial charge < -0.3 is 10.6 Å². The van der Waals surface area contributed by atoms with Crippen LogP contribution in [0, 0.1) is 5.41 Å². The first kappa shape index (κ1) is 28.2. The zero-order valence-electron chi connectivity index (χ0n) is 21.3. The molecule has 1 atom stereocenters. The molecule has 1 amide bonds. The number of amides is 1. The normalized spacial score (nSPS) is 28.2. The summed E-state index contributed by atoms with van der Waals surface area (Å²) in [5, 5.41) is 6.25. The summed E-state index contributed by atoms with van der Waals surface area (Å²) in [6, 6.07) is 6.30. The number of aliphatic imine (C=N–C) groups is 1. The zero-order valence-corrected chi connectivity index (χ0v) is 22.9. The van der Waals surface area contributed by atoms with Crippen molar-refractivity contribution in [3.8, 4) is 0 Å². The molecule has 7 nitrogen and oxygen atoms in total. The maximum Gasteiger partial charge on any atom is 0.390 e. The van der Waals surface area contributed by atoms with Crippen molar-refractivity contribution in [3.05, 3.63) is 34.9 Å². The second-order valence-corrected chi connectivity index (χ2v) is 13.7. The molecular formula is C25H34ClF3N4O3S. The molecule has 0 radical (unpaired) electrons. The molecule has 2 N–H and O–H groups in total. The van der Waals surface area contributed by atoms with Gasteiger partial charge in [-0.05, 0) is 57.2 Å². The van der Waals surface area contributed by atoms with Gasteiger partial charge in [-0.1, -0.05) is 37.1 Å². The summed E-state index contributed by atoms with van der Waals surface area (Å²) in [7, 11) is -3.51. The molecule has 1 aromatic rings. The van der Waals surface area contributed by atoms with E-state index < -0.39 is 52.2 Å². The lowest BCUT2D eigenvalue weighted by atomic mass is 9.38. The molecule has 206 valence electrons. The SMILES string of the molecule is CCCCS(=O)(=O)N(Cc1ccc(Cl)cc1)C12CC(C3=N[C@@H](C(=O)NCCC(F)(F)F)C(C)(C)N3)(C1)C2.